The van der Waals surface area contributed by atoms with Crippen LogP contribution in [0, 0.1) is 5.41 Å². The largest absolute Gasteiger partial charge is 0.465 e. The fraction of sp³-hybridized carbons (Fsp3) is 0.769. The van der Waals surface area contributed by atoms with E-state index in [-0.39, 0.29) is 36.5 Å². The number of carboxylic acid groups (broad SMARTS) is 1. The SMILES string of the molecule is C=CC(N(C(=O)O)[C@@H]1COCO[C@@H]1C)C(C)(C)C.N. The summed E-state index contributed by atoms with van der Waals surface area (Å²) in [6.45, 7) is 12.2. The van der Waals surface area contributed by atoms with E-state index in [0.29, 0.717) is 6.61 Å². The highest BCUT2D eigenvalue weighted by atomic mass is 16.7. The maximum absolute atomic E-state index is 11.6. The van der Waals surface area contributed by atoms with Crippen molar-refractivity contribution in [3.05, 3.63) is 12.7 Å². The lowest BCUT2D eigenvalue weighted by atomic mass is 9.84. The van der Waals surface area contributed by atoms with Crippen LogP contribution in [0.15, 0.2) is 12.7 Å². The first-order chi connectivity index (χ1) is 8.29. The van der Waals surface area contributed by atoms with Crippen molar-refractivity contribution in [2.24, 2.45) is 5.41 Å². The molecule has 112 valence electrons. The fourth-order valence-electron chi connectivity index (χ4n) is 2.23. The minimum absolute atomic E-state index is 0. The van der Waals surface area contributed by atoms with Gasteiger partial charge in [0.1, 0.15) is 6.79 Å². The van der Waals surface area contributed by atoms with Crippen LogP contribution in [0.1, 0.15) is 27.7 Å². The minimum atomic E-state index is -0.972. The maximum atomic E-state index is 11.6. The molecule has 1 fully saturated rings. The molecule has 1 aliphatic rings. The second kappa shape index (κ2) is 6.88. The van der Waals surface area contributed by atoms with Gasteiger partial charge in [-0.1, -0.05) is 26.8 Å². The molecular weight excluding hydrogens is 248 g/mol. The Hall–Kier alpha value is -1.11. The van der Waals surface area contributed by atoms with E-state index in [1.807, 2.05) is 27.7 Å². The van der Waals surface area contributed by atoms with E-state index >= 15 is 0 Å². The van der Waals surface area contributed by atoms with Crippen LogP contribution < -0.4 is 6.15 Å². The first-order valence-electron chi connectivity index (χ1n) is 6.12. The number of hydrogen-bond acceptors (Lipinski definition) is 4. The molecule has 0 aromatic carbocycles. The molecule has 1 aliphatic heterocycles. The van der Waals surface area contributed by atoms with Gasteiger partial charge in [-0.25, -0.2) is 4.79 Å². The highest BCUT2D eigenvalue weighted by Crippen LogP contribution is 2.29. The third-order valence-corrected chi connectivity index (χ3v) is 3.23. The van der Waals surface area contributed by atoms with E-state index in [9.17, 15) is 9.90 Å². The standard InChI is InChI=1S/C13H23NO4.H3N/c1-6-11(13(3,4)5)14(12(15)16)10-7-17-8-18-9(10)2;/h6,9-11H,1,7-8H2,2-5H3,(H,15,16);1H3/t9-,10-,11?;/m1./s1. The predicted octanol–water partition coefficient (Wildman–Crippen LogP) is 2.49. The van der Waals surface area contributed by atoms with Crippen molar-refractivity contribution in [1.82, 2.24) is 11.1 Å². The number of rotatable bonds is 3. The molecule has 1 unspecified atom stereocenters. The molecule has 0 radical (unpaired) electrons. The zero-order valence-corrected chi connectivity index (χ0v) is 12.3. The van der Waals surface area contributed by atoms with Crippen LogP contribution in [0.3, 0.4) is 0 Å². The van der Waals surface area contributed by atoms with E-state index in [0.717, 1.165) is 0 Å². The van der Waals surface area contributed by atoms with Crippen LogP contribution in [-0.2, 0) is 9.47 Å². The molecule has 1 rings (SSSR count). The molecule has 1 saturated heterocycles. The molecule has 1 amide bonds. The van der Waals surface area contributed by atoms with Gasteiger partial charge >= 0.3 is 6.09 Å². The first-order valence-corrected chi connectivity index (χ1v) is 6.12. The summed E-state index contributed by atoms with van der Waals surface area (Å²) in [5.74, 6) is 0. The van der Waals surface area contributed by atoms with Crippen molar-refractivity contribution in [2.45, 2.75) is 45.9 Å². The number of ether oxygens (including phenoxy) is 2. The molecule has 0 aliphatic carbocycles. The number of amides is 1. The number of nitrogens with zero attached hydrogens (tertiary/aromatic N) is 1. The minimum Gasteiger partial charge on any atom is -0.465 e. The summed E-state index contributed by atoms with van der Waals surface area (Å²) in [6.07, 6.45) is 0.524. The Bertz CT molecular complexity index is 314. The lowest BCUT2D eigenvalue weighted by Gasteiger charge is -2.44. The van der Waals surface area contributed by atoms with E-state index in [2.05, 4.69) is 6.58 Å². The number of hydrogen-bond donors (Lipinski definition) is 2. The second-order valence-corrected chi connectivity index (χ2v) is 5.66. The Morgan fingerprint density at radius 3 is 2.47 bits per heavy atom. The molecule has 3 atom stereocenters. The molecule has 6 nitrogen and oxygen atoms in total. The summed E-state index contributed by atoms with van der Waals surface area (Å²) >= 11 is 0. The smallest absolute Gasteiger partial charge is 0.408 e. The van der Waals surface area contributed by atoms with E-state index in [1.165, 1.54) is 4.90 Å². The average molecular weight is 274 g/mol. The number of carbonyl (C=O) groups is 1. The average Bonchev–Trinajstić information content (AvgIpc) is 2.24. The first kappa shape index (κ1) is 17.9. The molecule has 4 N–H and O–H groups in total. The van der Waals surface area contributed by atoms with E-state index < -0.39 is 6.09 Å². The summed E-state index contributed by atoms with van der Waals surface area (Å²) in [5, 5.41) is 9.48. The molecule has 1 heterocycles. The summed E-state index contributed by atoms with van der Waals surface area (Å²) < 4.78 is 10.6. The Kier molecular flexibility index (Phi) is 6.48. The Morgan fingerprint density at radius 1 is 1.53 bits per heavy atom. The van der Waals surface area contributed by atoms with E-state index in [4.69, 9.17) is 9.47 Å². The molecule has 0 spiro atoms. The van der Waals surface area contributed by atoms with Gasteiger partial charge < -0.3 is 20.7 Å². The van der Waals surface area contributed by atoms with Gasteiger partial charge in [0.2, 0.25) is 0 Å². The second-order valence-electron chi connectivity index (χ2n) is 5.66. The third-order valence-electron chi connectivity index (χ3n) is 3.23. The van der Waals surface area contributed by atoms with Gasteiger partial charge in [-0.05, 0) is 12.3 Å². The molecule has 0 aromatic rings. The summed E-state index contributed by atoms with van der Waals surface area (Å²) in [4.78, 5) is 13.0. The Morgan fingerprint density at radius 2 is 2.11 bits per heavy atom. The third kappa shape index (κ3) is 4.19. The maximum Gasteiger partial charge on any atom is 0.408 e. The predicted molar refractivity (Wildman–Crippen MR) is 73.5 cm³/mol. The van der Waals surface area contributed by atoms with Crippen LogP contribution in [0.4, 0.5) is 4.79 Å². The van der Waals surface area contributed by atoms with E-state index in [1.54, 1.807) is 6.08 Å². The van der Waals surface area contributed by atoms with Gasteiger partial charge in [0.25, 0.3) is 0 Å². The Balaban J connectivity index is 0.00000324. The van der Waals surface area contributed by atoms with Crippen LogP contribution >= 0.6 is 0 Å². The lowest BCUT2D eigenvalue weighted by Crippen LogP contribution is -2.58. The van der Waals surface area contributed by atoms with Gasteiger partial charge in [-0.15, -0.1) is 6.58 Å². The summed E-state index contributed by atoms with van der Waals surface area (Å²) in [5.41, 5.74) is -0.225. The van der Waals surface area contributed by atoms with Gasteiger partial charge in [-0.2, -0.15) is 0 Å². The van der Waals surface area contributed by atoms with Crippen molar-refractivity contribution in [2.75, 3.05) is 13.4 Å². The molecular formula is C13H26N2O4. The van der Waals surface area contributed by atoms with Crippen molar-refractivity contribution in [3.8, 4) is 0 Å². The van der Waals surface area contributed by atoms with Crippen LogP contribution in [0.5, 0.6) is 0 Å². The lowest BCUT2D eigenvalue weighted by molar-refractivity contribution is -0.172. The molecule has 19 heavy (non-hydrogen) atoms. The highest BCUT2D eigenvalue weighted by molar-refractivity contribution is 5.66. The topological polar surface area (TPSA) is 94.0 Å². The highest BCUT2D eigenvalue weighted by Gasteiger charge is 2.39. The van der Waals surface area contributed by atoms with Crippen LogP contribution in [-0.4, -0.2) is 47.7 Å². The Labute approximate surface area is 115 Å². The quantitative estimate of drug-likeness (QED) is 0.771. The summed E-state index contributed by atoms with van der Waals surface area (Å²) in [7, 11) is 0. The van der Waals surface area contributed by atoms with Gasteiger partial charge in [0.05, 0.1) is 24.8 Å². The van der Waals surface area contributed by atoms with Crippen molar-refractivity contribution >= 4 is 6.09 Å². The van der Waals surface area contributed by atoms with Gasteiger partial charge in [-0.3, -0.25) is 4.90 Å². The zero-order chi connectivity index (χ0) is 13.9. The normalized spacial score (nSPS) is 25.1. The molecule has 0 aromatic heterocycles. The summed E-state index contributed by atoms with van der Waals surface area (Å²) in [6, 6.07) is -0.591. The van der Waals surface area contributed by atoms with Crippen LogP contribution in [0.25, 0.3) is 0 Å². The zero-order valence-electron chi connectivity index (χ0n) is 12.3. The fourth-order valence-corrected chi connectivity index (χ4v) is 2.23. The van der Waals surface area contributed by atoms with Crippen molar-refractivity contribution < 1.29 is 19.4 Å². The van der Waals surface area contributed by atoms with Gasteiger partial charge in [0.15, 0.2) is 0 Å². The van der Waals surface area contributed by atoms with Gasteiger partial charge in [0, 0.05) is 0 Å². The molecule has 0 saturated carbocycles. The van der Waals surface area contributed by atoms with Crippen molar-refractivity contribution in [3.63, 3.8) is 0 Å². The van der Waals surface area contributed by atoms with Crippen molar-refractivity contribution in [1.29, 1.82) is 0 Å². The molecule has 0 bridgehead atoms. The molecule has 6 heteroatoms. The monoisotopic (exact) mass is 274 g/mol. The van der Waals surface area contributed by atoms with Crippen LogP contribution in [0.2, 0.25) is 0 Å².